The Bertz CT molecular complexity index is 1360. The molecule has 4 aromatic rings. The van der Waals surface area contributed by atoms with Crippen molar-refractivity contribution in [3.8, 4) is 11.3 Å². The van der Waals surface area contributed by atoms with Gasteiger partial charge in [-0.2, -0.15) is 26.9 Å². The van der Waals surface area contributed by atoms with Crippen LogP contribution >= 0.6 is 0 Å². The highest BCUT2D eigenvalue weighted by Crippen LogP contribution is 2.35. The SMILES string of the molecule is O=C(c1ccccc1)c1ccc2nc(N=C(F)OC(F)F)c(-c3ccc(C(F)(F)F)cc3)n2c1. The molecule has 0 amide bonds. The van der Waals surface area contributed by atoms with Crippen LogP contribution in [-0.2, 0) is 10.9 Å². The van der Waals surface area contributed by atoms with Crippen LogP contribution in [0, 0.1) is 0 Å². The molecule has 0 aliphatic carbocycles. The fourth-order valence-corrected chi connectivity index (χ4v) is 3.27. The van der Waals surface area contributed by atoms with Gasteiger partial charge in [0.05, 0.1) is 11.3 Å². The number of benzene rings is 2. The number of imidazole rings is 1. The zero-order valence-corrected chi connectivity index (χ0v) is 16.9. The van der Waals surface area contributed by atoms with Gasteiger partial charge in [-0.25, -0.2) is 4.98 Å². The van der Waals surface area contributed by atoms with Gasteiger partial charge in [-0.15, -0.1) is 4.39 Å². The summed E-state index contributed by atoms with van der Waals surface area (Å²) in [7, 11) is 0. The first kappa shape index (κ1) is 23.0. The first-order valence-corrected chi connectivity index (χ1v) is 9.62. The number of aromatic nitrogens is 2. The van der Waals surface area contributed by atoms with Crippen molar-refractivity contribution >= 4 is 23.4 Å². The summed E-state index contributed by atoms with van der Waals surface area (Å²) in [6.45, 7) is -3.48. The van der Waals surface area contributed by atoms with E-state index in [4.69, 9.17) is 0 Å². The van der Waals surface area contributed by atoms with Gasteiger partial charge in [0.2, 0.25) is 0 Å². The number of carbonyl (C=O) groups is 1. The van der Waals surface area contributed by atoms with Crippen molar-refractivity contribution in [2.24, 2.45) is 4.99 Å². The largest absolute Gasteiger partial charge is 0.416 e. The van der Waals surface area contributed by atoms with Crippen LogP contribution in [0.2, 0.25) is 0 Å². The fraction of sp³-hybridized carbons (Fsp3) is 0.0870. The van der Waals surface area contributed by atoms with Gasteiger partial charge in [-0.3, -0.25) is 9.20 Å². The summed E-state index contributed by atoms with van der Waals surface area (Å²) in [5.41, 5.74) is -0.116. The molecule has 34 heavy (non-hydrogen) atoms. The van der Waals surface area contributed by atoms with Crippen molar-refractivity contribution in [1.82, 2.24) is 9.38 Å². The smallest absolute Gasteiger partial charge is 0.393 e. The summed E-state index contributed by atoms with van der Waals surface area (Å²) >= 11 is 0. The van der Waals surface area contributed by atoms with Crippen LogP contribution in [0.4, 0.5) is 32.2 Å². The number of nitrogens with zero attached hydrogens (tertiary/aromatic N) is 3. The Morgan fingerprint density at radius 1 is 0.941 bits per heavy atom. The maximum Gasteiger partial charge on any atom is 0.416 e. The maximum atomic E-state index is 13.8. The Morgan fingerprint density at radius 2 is 1.62 bits per heavy atom. The zero-order valence-electron chi connectivity index (χ0n) is 16.9. The summed E-state index contributed by atoms with van der Waals surface area (Å²) in [5, 5.41) is 0. The normalized spacial score (nSPS) is 12.4. The number of carbonyl (C=O) groups excluding carboxylic acids is 1. The van der Waals surface area contributed by atoms with E-state index in [0.29, 0.717) is 5.56 Å². The lowest BCUT2D eigenvalue weighted by atomic mass is 10.0. The van der Waals surface area contributed by atoms with E-state index in [1.807, 2.05) is 0 Å². The van der Waals surface area contributed by atoms with Crippen LogP contribution in [0.15, 0.2) is 77.9 Å². The molecule has 4 rings (SSSR count). The van der Waals surface area contributed by atoms with Crippen LogP contribution in [0.1, 0.15) is 21.5 Å². The third-order valence-electron chi connectivity index (χ3n) is 4.76. The van der Waals surface area contributed by atoms with E-state index in [9.17, 15) is 31.1 Å². The lowest BCUT2D eigenvalue weighted by Crippen LogP contribution is -2.05. The number of fused-ring (bicyclic) bond motifs is 1. The van der Waals surface area contributed by atoms with Crippen LogP contribution in [-0.4, -0.2) is 27.9 Å². The average Bonchev–Trinajstić information content (AvgIpc) is 3.14. The molecule has 0 unspecified atom stereocenters. The van der Waals surface area contributed by atoms with Crippen molar-refractivity contribution in [2.45, 2.75) is 12.8 Å². The molecule has 0 N–H and O–H groups in total. The fourth-order valence-electron chi connectivity index (χ4n) is 3.27. The quantitative estimate of drug-likeness (QED) is 0.144. The number of hydrogen-bond acceptors (Lipinski definition) is 4. The van der Waals surface area contributed by atoms with Gasteiger partial charge in [-0.05, 0) is 24.3 Å². The number of rotatable bonds is 5. The first-order valence-electron chi connectivity index (χ1n) is 9.62. The van der Waals surface area contributed by atoms with Crippen molar-refractivity contribution in [2.75, 3.05) is 0 Å². The molecule has 0 aliphatic rings. The van der Waals surface area contributed by atoms with Crippen LogP contribution < -0.4 is 0 Å². The van der Waals surface area contributed by atoms with Gasteiger partial charge in [0, 0.05) is 22.9 Å². The number of alkyl halides is 5. The Labute approximate surface area is 188 Å². The second-order valence-electron chi connectivity index (χ2n) is 6.94. The van der Waals surface area contributed by atoms with Crippen molar-refractivity contribution in [1.29, 1.82) is 0 Å². The molecular formula is C23H13F6N3O2. The molecule has 2 heterocycles. The molecule has 11 heteroatoms. The minimum atomic E-state index is -4.59. The molecule has 5 nitrogen and oxygen atoms in total. The van der Waals surface area contributed by atoms with Crippen LogP contribution in [0.5, 0.6) is 0 Å². The summed E-state index contributed by atoms with van der Waals surface area (Å²) in [6, 6.07) is 15.0. The second-order valence-corrected chi connectivity index (χ2v) is 6.94. The van der Waals surface area contributed by atoms with E-state index in [1.54, 1.807) is 30.3 Å². The molecule has 0 atom stereocenters. The average molecular weight is 477 g/mol. The minimum Gasteiger partial charge on any atom is -0.393 e. The van der Waals surface area contributed by atoms with Crippen molar-refractivity contribution < 1.29 is 35.9 Å². The van der Waals surface area contributed by atoms with Crippen molar-refractivity contribution in [3.05, 3.63) is 89.6 Å². The van der Waals surface area contributed by atoms with E-state index in [1.165, 1.54) is 22.7 Å². The molecule has 0 saturated carbocycles. The molecule has 2 aromatic heterocycles. The standard InChI is InChI=1S/C23H13F6N3O2/c24-21(25)34-22(26)31-20-18(13-6-9-16(10-7-13)23(27,28)29)32-12-15(8-11-17(32)30-20)19(33)14-4-2-1-3-5-14/h1-12,21H. The van der Waals surface area contributed by atoms with Gasteiger partial charge < -0.3 is 4.74 Å². The lowest BCUT2D eigenvalue weighted by molar-refractivity contribution is -0.137. The first-order chi connectivity index (χ1) is 16.1. The highest BCUT2D eigenvalue weighted by molar-refractivity contribution is 6.09. The number of ether oxygens (including phenoxy) is 1. The van der Waals surface area contributed by atoms with Crippen molar-refractivity contribution in [3.63, 3.8) is 0 Å². The van der Waals surface area contributed by atoms with E-state index in [-0.39, 0.29) is 28.3 Å². The monoisotopic (exact) mass is 477 g/mol. The zero-order chi connectivity index (χ0) is 24.5. The predicted octanol–water partition coefficient (Wildman–Crippen LogP) is 6.45. The van der Waals surface area contributed by atoms with E-state index in [0.717, 1.165) is 24.3 Å². The summed E-state index contributed by atoms with van der Waals surface area (Å²) < 4.78 is 82.4. The summed E-state index contributed by atoms with van der Waals surface area (Å²) in [5.74, 6) is -0.783. The topological polar surface area (TPSA) is 56.0 Å². The summed E-state index contributed by atoms with van der Waals surface area (Å²) in [4.78, 5) is 20.2. The highest BCUT2D eigenvalue weighted by atomic mass is 19.4. The van der Waals surface area contributed by atoms with Gasteiger partial charge in [-0.1, -0.05) is 42.5 Å². The Morgan fingerprint density at radius 3 is 2.24 bits per heavy atom. The predicted molar refractivity (Wildman–Crippen MR) is 111 cm³/mol. The van der Waals surface area contributed by atoms with Crippen LogP contribution in [0.25, 0.3) is 16.9 Å². The van der Waals surface area contributed by atoms with E-state index in [2.05, 4.69) is 14.7 Å². The minimum absolute atomic E-state index is 0.0283. The maximum absolute atomic E-state index is 13.8. The number of aliphatic imine (C=N–C) groups is 1. The number of ketones is 1. The van der Waals surface area contributed by atoms with E-state index < -0.39 is 30.3 Å². The van der Waals surface area contributed by atoms with Gasteiger partial charge in [0.25, 0.3) is 0 Å². The number of halogens is 6. The van der Waals surface area contributed by atoms with Crippen LogP contribution in [0.3, 0.4) is 0 Å². The molecule has 0 saturated heterocycles. The third-order valence-corrected chi connectivity index (χ3v) is 4.76. The lowest BCUT2D eigenvalue weighted by Gasteiger charge is -2.09. The summed E-state index contributed by atoms with van der Waals surface area (Å²) in [6.07, 6.45) is -5.12. The van der Waals surface area contributed by atoms with Gasteiger partial charge in [0.15, 0.2) is 11.6 Å². The molecule has 2 aromatic carbocycles. The highest BCUT2D eigenvalue weighted by Gasteiger charge is 2.30. The molecule has 0 bridgehead atoms. The van der Waals surface area contributed by atoms with Gasteiger partial charge >= 0.3 is 18.9 Å². The van der Waals surface area contributed by atoms with E-state index >= 15 is 0 Å². The molecule has 0 fully saturated rings. The number of pyridine rings is 1. The second kappa shape index (κ2) is 9.00. The Kier molecular flexibility index (Phi) is 6.10. The molecule has 0 aliphatic heterocycles. The number of hydrogen-bond donors (Lipinski definition) is 0. The molecule has 174 valence electrons. The molecule has 0 radical (unpaired) electrons. The molecular weight excluding hydrogens is 464 g/mol. The Balaban J connectivity index is 1.88. The van der Waals surface area contributed by atoms with Gasteiger partial charge in [0.1, 0.15) is 5.65 Å². The third kappa shape index (κ3) is 4.77. The molecule has 0 spiro atoms. The Hall–Kier alpha value is -4.15.